The van der Waals surface area contributed by atoms with Crippen LogP contribution in [-0.2, 0) is 19.1 Å². The van der Waals surface area contributed by atoms with Crippen LogP contribution in [0.25, 0.3) is 0 Å². The maximum atomic E-state index is 12.8. The molecule has 0 radical (unpaired) electrons. The molecular formula is C17H18Br2O6. The molecule has 2 rings (SSSR count). The van der Waals surface area contributed by atoms with Crippen molar-refractivity contribution >= 4 is 49.2 Å². The van der Waals surface area contributed by atoms with Gasteiger partial charge in [0, 0.05) is 32.6 Å². The second-order valence-corrected chi connectivity index (χ2v) is 7.18. The first-order valence-electron chi connectivity index (χ1n) is 7.66. The van der Waals surface area contributed by atoms with Crippen LogP contribution in [0.15, 0.2) is 21.1 Å². The highest BCUT2D eigenvalue weighted by Crippen LogP contribution is 2.38. The molecule has 0 saturated heterocycles. The quantitative estimate of drug-likeness (QED) is 0.340. The first-order valence-corrected chi connectivity index (χ1v) is 9.25. The smallest absolute Gasteiger partial charge is 0.191 e. The molecule has 0 unspecified atom stereocenters. The van der Waals surface area contributed by atoms with Gasteiger partial charge in [0.15, 0.2) is 23.6 Å². The van der Waals surface area contributed by atoms with Crippen molar-refractivity contribution in [3.05, 3.63) is 26.6 Å². The number of hydrogen-bond acceptors (Lipinski definition) is 6. The standard InChI is InChI=1S/C17H18Br2O6/c1-23-13(24-2)8-25-17-10(18)7-6-9(15(17)19)16(22)14-11(20)4-3-5-12(14)21/h6-7,13-14H,3-5,8H2,1-2H3. The normalized spacial score (nSPS) is 15.7. The summed E-state index contributed by atoms with van der Waals surface area (Å²) in [6.07, 6.45) is 0.443. The molecule has 0 bridgehead atoms. The minimum Gasteiger partial charge on any atom is -0.486 e. The van der Waals surface area contributed by atoms with Crippen LogP contribution in [0, 0.1) is 5.92 Å². The number of hydrogen-bond donors (Lipinski definition) is 0. The number of ketones is 3. The molecule has 1 fully saturated rings. The van der Waals surface area contributed by atoms with Crippen molar-refractivity contribution < 1.29 is 28.6 Å². The number of rotatable bonds is 7. The molecule has 6 nitrogen and oxygen atoms in total. The van der Waals surface area contributed by atoms with Crippen LogP contribution in [0.3, 0.4) is 0 Å². The number of ether oxygens (including phenoxy) is 3. The lowest BCUT2D eigenvalue weighted by atomic mass is 9.81. The van der Waals surface area contributed by atoms with E-state index < -0.39 is 18.0 Å². The monoisotopic (exact) mass is 476 g/mol. The number of methoxy groups -OCH3 is 2. The van der Waals surface area contributed by atoms with Crippen molar-refractivity contribution in [2.75, 3.05) is 20.8 Å². The van der Waals surface area contributed by atoms with Crippen molar-refractivity contribution in [3.8, 4) is 5.75 Å². The van der Waals surface area contributed by atoms with Crippen molar-refractivity contribution in [1.29, 1.82) is 0 Å². The van der Waals surface area contributed by atoms with Crippen LogP contribution in [-0.4, -0.2) is 44.5 Å². The summed E-state index contributed by atoms with van der Waals surface area (Å²) in [6, 6.07) is 3.20. The van der Waals surface area contributed by atoms with E-state index in [1.54, 1.807) is 12.1 Å². The summed E-state index contributed by atoms with van der Waals surface area (Å²) in [5.41, 5.74) is 0.234. The summed E-state index contributed by atoms with van der Waals surface area (Å²) in [6.45, 7) is 0.100. The van der Waals surface area contributed by atoms with Gasteiger partial charge in [-0.1, -0.05) is 0 Å². The highest BCUT2D eigenvalue weighted by molar-refractivity contribution is 9.11. The topological polar surface area (TPSA) is 78.9 Å². The summed E-state index contributed by atoms with van der Waals surface area (Å²) in [5.74, 6) is -1.99. The molecule has 0 spiro atoms. The summed E-state index contributed by atoms with van der Waals surface area (Å²) >= 11 is 6.72. The van der Waals surface area contributed by atoms with E-state index in [2.05, 4.69) is 31.9 Å². The summed E-state index contributed by atoms with van der Waals surface area (Å²) in [7, 11) is 2.98. The van der Waals surface area contributed by atoms with E-state index in [1.165, 1.54) is 14.2 Å². The summed E-state index contributed by atoms with van der Waals surface area (Å²) in [4.78, 5) is 36.9. The molecule has 136 valence electrons. The Morgan fingerprint density at radius 2 is 1.76 bits per heavy atom. The highest BCUT2D eigenvalue weighted by Gasteiger charge is 2.37. The third-order valence-electron chi connectivity index (χ3n) is 3.96. The van der Waals surface area contributed by atoms with Gasteiger partial charge < -0.3 is 14.2 Å². The Labute approximate surface area is 162 Å². The largest absolute Gasteiger partial charge is 0.486 e. The average Bonchev–Trinajstić information content (AvgIpc) is 2.58. The molecule has 0 aromatic heterocycles. The zero-order chi connectivity index (χ0) is 18.6. The lowest BCUT2D eigenvalue weighted by Crippen LogP contribution is -2.35. The minimum absolute atomic E-state index is 0.100. The zero-order valence-corrected chi connectivity index (χ0v) is 17.0. The third-order valence-corrected chi connectivity index (χ3v) is 5.37. The molecule has 1 saturated carbocycles. The summed E-state index contributed by atoms with van der Waals surface area (Å²) < 4.78 is 16.8. The number of Topliss-reactive ketones (excluding diaryl/α,β-unsaturated/α-hetero) is 3. The predicted octanol–water partition coefficient (Wildman–Crippen LogP) is 3.33. The Balaban J connectivity index is 2.30. The Kier molecular flexibility index (Phi) is 7.30. The van der Waals surface area contributed by atoms with E-state index >= 15 is 0 Å². The van der Waals surface area contributed by atoms with Crippen molar-refractivity contribution in [2.45, 2.75) is 25.6 Å². The molecule has 25 heavy (non-hydrogen) atoms. The van der Waals surface area contributed by atoms with Gasteiger partial charge in [0.2, 0.25) is 0 Å². The van der Waals surface area contributed by atoms with Crippen molar-refractivity contribution in [1.82, 2.24) is 0 Å². The minimum atomic E-state index is -1.22. The fourth-order valence-corrected chi connectivity index (χ4v) is 3.96. The van der Waals surface area contributed by atoms with Gasteiger partial charge in [-0.3, -0.25) is 14.4 Å². The van der Waals surface area contributed by atoms with Crippen molar-refractivity contribution in [3.63, 3.8) is 0 Å². The number of benzene rings is 1. The van der Waals surface area contributed by atoms with Crippen LogP contribution in [0.5, 0.6) is 5.75 Å². The van der Waals surface area contributed by atoms with E-state index in [1.807, 2.05) is 0 Å². The molecule has 0 aliphatic heterocycles. The van der Waals surface area contributed by atoms with E-state index in [0.717, 1.165) is 0 Å². The van der Waals surface area contributed by atoms with Gasteiger partial charge in [0.05, 0.1) is 8.95 Å². The maximum absolute atomic E-state index is 12.8. The molecule has 0 N–H and O–H groups in total. The number of carbonyl (C=O) groups is 3. The zero-order valence-electron chi connectivity index (χ0n) is 13.8. The Hall–Kier alpha value is -1.09. The third kappa shape index (κ3) is 4.55. The Bertz CT molecular complexity index is 668. The van der Waals surface area contributed by atoms with E-state index in [4.69, 9.17) is 14.2 Å². The lowest BCUT2D eigenvalue weighted by molar-refractivity contribution is -0.133. The SMILES string of the molecule is COC(COc1c(Br)ccc(C(=O)C2C(=O)CCCC2=O)c1Br)OC. The van der Waals surface area contributed by atoms with Crippen LogP contribution in [0.2, 0.25) is 0 Å². The number of halogens is 2. The first kappa shape index (κ1) is 20.2. The molecule has 1 aromatic rings. The molecule has 0 amide bonds. The van der Waals surface area contributed by atoms with Gasteiger partial charge in [-0.2, -0.15) is 0 Å². The van der Waals surface area contributed by atoms with Crippen molar-refractivity contribution in [2.24, 2.45) is 5.92 Å². The van der Waals surface area contributed by atoms with Gasteiger partial charge in [-0.05, 0) is 50.4 Å². The maximum Gasteiger partial charge on any atom is 0.191 e. The predicted molar refractivity (Wildman–Crippen MR) is 96.8 cm³/mol. The molecule has 1 aliphatic carbocycles. The fourth-order valence-electron chi connectivity index (χ4n) is 2.59. The Morgan fingerprint density at radius 3 is 2.32 bits per heavy atom. The first-order chi connectivity index (χ1) is 11.9. The fraction of sp³-hybridized carbons (Fsp3) is 0.471. The van der Waals surface area contributed by atoms with E-state index in [9.17, 15) is 14.4 Å². The molecule has 1 aromatic carbocycles. The van der Waals surface area contributed by atoms with Crippen LogP contribution < -0.4 is 4.74 Å². The van der Waals surface area contributed by atoms with E-state index in [-0.39, 0.29) is 36.6 Å². The number of carbonyl (C=O) groups excluding carboxylic acids is 3. The average molecular weight is 478 g/mol. The highest BCUT2D eigenvalue weighted by atomic mass is 79.9. The second kappa shape index (κ2) is 9.02. The molecule has 8 heteroatoms. The molecular weight excluding hydrogens is 460 g/mol. The van der Waals surface area contributed by atoms with Crippen LogP contribution in [0.4, 0.5) is 0 Å². The van der Waals surface area contributed by atoms with Gasteiger partial charge in [0.25, 0.3) is 0 Å². The van der Waals surface area contributed by atoms with Gasteiger partial charge in [0.1, 0.15) is 18.3 Å². The second-order valence-electron chi connectivity index (χ2n) is 5.53. The Morgan fingerprint density at radius 1 is 1.16 bits per heavy atom. The van der Waals surface area contributed by atoms with Gasteiger partial charge >= 0.3 is 0 Å². The molecule has 0 heterocycles. The van der Waals surface area contributed by atoms with E-state index in [0.29, 0.717) is 21.1 Å². The molecule has 1 aliphatic rings. The summed E-state index contributed by atoms with van der Waals surface area (Å²) in [5, 5.41) is 0. The van der Waals surface area contributed by atoms with Crippen LogP contribution in [0.1, 0.15) is 29.6 Å². The van der Waals surface area contributed by atoms with Gasteiger partial charge in [-0.25, -0.2) is 0 Å². The van der Waals surface area contributed by atoms with Crippen LogP contribution >= 0.6 is 31.9 Å². The molecule has 0 atom stereocenters. The lowest BCUT2D eigenvalue weighted by Gasteiger charge is -2.20. The van der Waals surface area contributed by atoms with Gasteiger partial charge in [-0.15, -0.1) is 0 Å².